The summed E-state index contributed by atoms with van der Waals surface area (Å²) in [5.41, 5.74) is 1.96. The Labute approximate surface area is 215 Å². The van der Waals surface area contributed by atoms with Gasteiger partial charge in [-0.1, -0.05) is 24.3 Å². The van der Waals surface area contributed by atoms with Gasteiger partial charge in [-0.3, -0.25) is 4.79 Å². The zero-order chi connectivity index (χ0) is 24.0. The number of benzene rings is 2. The maximum atomic E-state index is 13.6. The summed E-state index contributed by atoms with van der Waals surface area (Å²) in [6.45, 7) is 0. The minimum absolute atomic E-state index is 0. The molecule has 1 unspecified atom stereocenters. The number of carboxylic acids is 1. The number of carboxylic acid groups (broad SMARTS) is 1. The molecule has 1 atom stereocenters. The van der Waals surface area contributed by atoms with Gasteiger partial charge in [-0.15, -0.1) is 5.10 Å². The van der Waals surface area contributed by atoms with E-state index in [1.54, 1.807) is 7.05 Å². The van der Waals surface area contributed by atoms with Crippen LogP contribution in [0.1, 0.15) is 29.8 Å². The molecule has 0 aliphatic rings. The second-order valence-electron chi connectivity index (χ2n) is 7.16. The quantitative estimate of drug-likeness (QED) is 0.226. The Bertz CT molecular complexity index is 1160. The zero-order valence-electron chi connectivity index (χ0n) is 18.5. The Balaban J connectivity index is 0.00000408. The molecule has 0 aliphatic heterocycles. The molecular formula is C23H19F2N4NaO4. The fourth-order valence-electron chi connectivity index (χ4n) is 3.18. The zero-order valence-corrected chi connectivity index (χ0v) is 20.5. The second-order valence-corrected chi connectivity index (χ2v) is 7.16. The number of allylic oxidation sites excluding steroid dienone is 3. The van der Waals surface area contributed by atoms with E-state index >= 15 is 0 Å². The predicted octanol–water partition coefficient (Wildman–Crippen LogP) is -1.53. The van der Waals surface area contributed by atoms with Crippen LogP contribution in [0.15, 0.2) is 60.7 Å². The molecule has 3 rings (SSSR count). The van der Waals surface area contributed by atoms with Crippen molar-refractivity contribution in [2.45, 2.75) is 18.9 Å². The Morgan fingerprint density at radius 3 is 1.97 bits per heavy atom. The van der Waals surface area contributed by atoms with Gasteiger partial charge in [0.1, 0.15) is 11.6 Å². The fraction of sp³-hybridized carbons (Fsp3) is 0.174. The molecule has 0 aliphatic carbocycles. The molecule has 0 radical (unpaired) electrons. The van der Waals surface area contributed by atoms with Gasteiger partial charge in [0.15, 0.2) is 11.6 Å². The average Bonchev–Trinajstić information content (AvgIpc) is 3.18. The summed E-state index contributed by atoms with van der Waals surface area (Å²) in [6.07, 6.45) is 0.0743. The number of hydrogen-bond donors (Lipinski definition) is 1. The number of tetrazole rings is 1. The van der Waals surface area contributed by atoms with Gasteiger partial charge in [-0.05, 0) is 63.5 Å². The first-order chi connectivity index (χ1) is 15.7. The van der Waals surface area contributed by atoms with Crippen LogP contribution in [-0.4, -0.2) is 43.2 Å². The van der Waals surface area contributed by atoms with E-state index < -0.39 is 42.3 Å². The van der Waals surface area contributed by atoms with Gasteiger partial charge in [0.05, 0.1) is 6.10 Å². The fourth-order valence-corrected chi connectivity index (χ4v) is 3.18. The van der Waals surface area contributed by atoms with Crippen molar-refractivity contribution in [1.29, 1.82) is 0 Å². The van der Waals surface area contributed by atoms with Gasteiger partial charge in [-0.2, -0.15) is 0 Å². The van der Waals surface area contributed by atoms with Crippen molar-refractivity contribution in [2.24, 2.45) is 7.05 Å². The van der Waals surface area contributed by atoms with Crippen LogP contribution in [0, 0.1) is 11.6 Å². The number of carbonyl (C=O) groups is 2. The first-order valence-electron chi connectivity index (χ1n) is 9.82. The van der Waals surface area contributed by atoms with Gasteiger partial charge < -0.3 is 15.0 Å². The van der Waals surface area contributed by atoms with Crippen LogP contribution < -0.4 is 34.7 Å². The Hall–Kier alpha value is -3.05. The topological polar surface area (TPSA) is 121 Å². The van der Waals surface area contributed by atoms with E-state index in [0.717, 1.165) is 6.08 Å². The molecular weight excluding hydrogens is 457 g/mol. The summed E-state index contributed by atoms with van der Waals surface area (Å²) in [5, 5.41) is 31.8. The maximum Gasteiger partial charge on any atom is 1.00 e. The number of carbonyl (C=O) groups excluding carboxylic acids is 2. The number of hydrogen-bond acceptors (Lipinski definition) is 7. The molecule has 2 aromatic carbocycles. The van der Waals surface area contributed by atoms with Crippen LogP contribution >= 0.6 is 0 Å². The van der Waals surface area contributed by atoms with Crippen molar-refractivity contribution in [3.8, 4) is 0 Å². The van der Waals surface area contributed by atoms with Gasteiger partial charge in [-0.25, -0.2) is 13.5 Å². The second kappa shape index (κ2) is 12.4. The van der Waals surface area contributed by atoms with Crippen molar-refractivity contribution < 1.29 is 58.1 Å². The molecule has 0 spiro atoms. The van der Waals surface area contributed by atoms with Gasteiger partial charge in [0.25, 0.3) is 0 Å². The number of halogens is 2. The van der Waals surface area contributed by atoms with Crippen molar-refractivity contribution in [1.82, 2.24) is 20.2 Å². The smallest absolute Gasteiger partial charge is 0.550 e. The van der Waals surface area contributed by atoms with Crippen LogP contribution in [0.3, 0.4) is 0 Å². The number of aryl methyl sites for hydroxylation is 1. The molecule has 0 saturated heterocycles. The number of aromatic nitrogens is 4. The Morgan fingerprint density at radius 1 is 1.00 bits per heavy atom. The summed E-state index contributed by atoms with van der Waals surface area (Å²) >= 11 is 0. The number of aliphatic hydroxyl groups excluding tert-OH is 1. The summed E-state index contributed by atoms with van der Waals surface area (Å²) in [5.74, 6) is -2.66. The monoisotopic (exact) mass is 476 g/mol. The molecule has 11 heteroatoms. The normalized spacial score (nSPS) is 11.6. The Morgan fingerprint density at radius 2 is 1.53 bits per heavy atom. The number of rotatable bonds is 9. The van der Waals surface area contributed by atoms with E-state index in [4.69, 9.17) is 0 Å². The molecule has 170 valence electrons. The molecule has 1 heterocycles. The first kappa shape index (κ1) is 27.2. The molecule has 3 aromatic rings. The molecule has 1 aromatic heterocycles. The van der Waals surface area contributed by atoms with E-state index in [1.807, 2.05) is 0 Å². The molecule has 0 fully saturated rings. The van der Waals surface area contributed by atoms with Crippen LogP contribution in [0.4, 0.5) is 8.78 Å². The van der Waals surface area contributed by atoms with Crippen LogP contribution in [0.25, 0.3) is 11.1 Å². The number of aliphatic carboxylic acids is 1. The third-order valence-electron chi connectivity index (χ3n) is 4.67. The van der Waals surface area contributed by atoms with Gasteiger partial charge in [0, 0.05) is 31.4 Å². The summed E-state index contributed by atoms with van der Waals surface area (Å²) in [4.78, 5) is 23.0. The minimum Gasteiger partial charge on any atom is -0.550 e. The molecule has 1 N–H and O–H groups in total. The van der Waals surface area contributed by atoms with Gasteiger partial charge >= 0.3 is 29.6 Å². The van der Waals surface area contributed by atoms with Crippen molar-refractivity contribution in [2.75, 3.05) is 0 Å². The van der Waals surface area contributed by atoms with Crippen molar-refractivity contribution >= 4 is 22.9 Å². The third kappa shape index (κ3) is 7.22. The summed E-state index contributed by atoms with van der Waals surface area (Å²) < 4.78 is 28.5. The van der Waals surface area contributed by atoms with E-state index in [-0.39, 0.29) is 35.4 Å². The van der Waals surface area contributed by atoms with E-state index in [1.165, 1.54) is 59.3 Å². The van der Waals surface area contributed by atoms with Crippen LogP contribution in [0.5, 0.6) is 0 Å². The first-order valence-corrected chi connectivity index (χ1v) is 9.82. The van der Waals surface area contributed by atoms with Gasteiger partial charge in [0.2, 0.25) is 0 Å². The molecule has 0 amide bonds. The van der Waals surface area contributed by atoms with Crippen molar-refractivity contribution in [3.05, 3.63) is 89.3 Å². The molecule has 34 heavy (non-hydrogen) atoms. The van der Waals surface area contributed by atoms with E-state index in [0.29, 0.717) is 22.3 Å². The molecule has 0 bridgehead atoms. The predicted molar refractivity (Wildman–Crippen MR) is 112 cm³/mol. The number of aliphatic hydroxyl groups is 1. The van der Waals surface area contributed by atoms with Crippen LogP contribution in [-0.2, 0) is 16.6 Å². The summed E-state index contributed by atoms with van der Waals surface area (Å²) in [6, 6.07) is 11.1. The van der Waals surface area contributed by atoms with Crippen molar-refractivity contribution in [3.63, 3.8) is 0 Å². The third-order valence-corrected chi connectivity index (χ3v) is 4.67. The number of nitrogens with zero attached hydrogens (tertiary/aromatic N) is 4. The summed E-state index contributed by atoms with van der Waals surface area (Å²) in [7, 11) is 1.58. The van der Waals surface area contributed by atoms with Crippen LogP contribution in [0.2, 0.25) is 0 Å². The standard InChI is InChI=1S/C23H20F2N4O4.Na/c1-29-23(26-27-28-29)20(11-10-18(30)12-19(31)13-21(32)33)22(14-2-6-16(24)7-3-14)15-4-8-17(25)9-5-15;/h2-11,19,31H,12-13H2,1H3,(H,32,33);/q;+1/p-1/b11-10+;. The molecule has 8 nitrogen and oxygen atoms in total. The largest absolute Gasteiger partial charge is 1.00 e. The Kier molecular flexibility index (Phi) is 9.94. The average molecular weight is 476 g/mol. The SMILES string of the molecule is Cn1nnnc1C(/C=C/C(=O)CC(O)CC(=O)[O-])=C(c1ccc(F)cc1)c1ccc(F)cc1.[Na+]. The molecule has 0 saturated carbocycles. The van der Waals surface area contributed by atoms with E-state index in [2.05, 4.69) is 15.5 Å². The maximum absolute atomic E-state index is 13.6. The van der Waals surface area contributed by atoms with E-state index in [9.17, 15) is 28.6 Å². The minimum atomic E-state index is -1.47. The number of ketones is 1.